The van der Waals surface area contributed by atoms with Crippen LogP contribution in [0.5, 0.6) is 0 Å². The first-order chi connectivity index (χ1) is 15.5. The van der Waals surface area contributed by atoms with Crippen molar-refractivity contribution in [1.82, 2.24) is 19.1 Å². The Kier molecular flexibility index (Phi) is 3.93. The maximum absolute atomic E-state index is 9.28. The molecule has 5 rings (SSSR count). The predicted octanol–water partition coefficient (Wildman–Crippen LogP) is 2.52. The van der Waals surface area contributed by atoms with Crippen molar-refractivity contribution in [1.29, 1.82) is 15.8 Å². The Morgan fingerprint density at radius 1 is 0.750 bits per heavy atom. The zero-order valence-corrected chi connectivity index (χ0v) is 17.0. The number of rotatable bonds is 0. The Morgan fingerprint density at radius 2 is 1.22 bits per heavy atom. The third-order valence-electron chi connectivity index (χ3n) is 5.73. The highest BCUT2D eigenvalue weighted by Crippen LogP contribution is 2.33. The summed E-state index contributed by atoms with van der Waals surface area (Å²) in [5.74, 6) is 0. The quantitative estimate of drug-likeness (QED) is 0.287. The van der Waals surface area contributed by atoms with Crippen LogP contribution in [-0.2, 0) is 14.1 Å². The van der Waals surface area contributed by atoms with E-state index in [4.69, 9.17) is 6.57 Å². The number of hydrogen-bond acceptors (Lipinski definition) is 5. The third kappa shape index (κ3) is 2.33. The van der Waals surface area contributed by atoms with Crippen molar-refractivity contribution in [3.05, 3.63) is 58.8 Å². The van der Waals surface area contributed by atoms with Gasteiger partial charge in [0.2, 0.25) is 0 Å². The van der Waals surface area contributed by atoms with Crippen molar-refractivity contribution in [3.63, 3.8) is 0 Å². The van der Waals surface area contributed by atoms with E-state index in [0.717, 1.165) is 32.6 Å². The first-order valence-electron chi connectivity index (χ1n) is 9.53. The highest BCUT2D eigenvalue weighted by molar-refractivity contribution is 6.20. The first-order valence-corrected chi connectivity index (χ1v) is 9.53. The molecule has 0 fully saturated rings. The lowest BCUT2D eigenvalue weighted by Crippen LogP contribution is -2.17. The van der Waals surface area contributed by atoms with Crippen LogP contribution in [0.2, 0.25) is 0 Å². The Morgan fingerprint density at radius 3 is 1.69 bits per heavy atom. The van der Waals surface area contributed by atoms with E-state index in [2.05, 4.69) is 14.8 Å². The van der Waals surface area contributed by atoms with Crippen molar-refractivity contribution < 1.29 is 0 Å². The van der Waals surface area contributed by atoms with E-state index in [-0.39, 0.29) is 11.3 Å². The molecule has 0 N–H and O–H groups in total. The van der Waals surface area contributed by atoms with Gasteiger partial charge in [-0.15, -0.1) is 0 Å². The Balaban J connectivity index is 1.97. The van der Waals surface area contributed by atoms with Crippen LogP contribution in [0.25, 0.3) is 59.7 Å². The number of aromatic nitrogens is 4. The standard InChI is InChI=1S/C24H12N8/c1-28-20(12-27)24-30-19-9-7-15-14-6-8-18-21(31(2)23(29-18)13(10-25)11-26)16(14)4-5-17(15)22(19)32(24)3/h4-9H,2-3H3/b24-20+. The summed E-state index contributed by atoms with van der Waals surface area (Å²) in [4.78, 5) is 12.3. The first kappa shape index (κ1) is 18.8. The molecule has 0 aliphatic carbocycles. The number of hydrogen-bond donors (Lipinski definition) is 0. The smallest absolute Gasteiger partial charge is 0.303 e. The second kappa shape index (κ2) is 6.67. The molecule has 0 aliphatic rings. The number of nitrogens with zero attached hydrogens (tertiary/aromatic N) is 8. The fourth-order valence-corrected chi connectivity index (χ4v) is 4.33. The average Bonchev–Trinajstić information content (AvgIpc) is 3.33. The van der Waals surface area contributed by atoms with E-state index < -0.39 is 0 Å². The number of aryl methyl sites for hydroxylation is 2. The van der Waals surface area contributed by atoms with Gasteiger partial charge in [-0.1, -0.05) is 24.3 Å². The van der Waals surface area contributed by atoms with E-state index in [9.17, 15) is 15.8 Å². The van der Waals surface area contributed by atoms with E-state index in [0.29, 0.717) is 22.0 Å². The molecule has 0 bridgehead atoms. The van der Waals surface area contributed by atoms with Gasteiger partial charge >= 0.3 is 5.70 Å². The predicted molar refractivity (Wildman–Crippen MR) is 120 cm³/mol. The molecule has 0 radical (unpaired) electrons. The molecule has 5 aromatic rings. The summed E-state index contributed by atoms with van der Waals surface area (Å²) in [6.45, 7) is 7.26. The molecule has 0 atom stereocenters. The highest BCUT2D eigenvalue weighted by Gasteiger charge is 2.15. The van der Waals surface area contributed by atoms with Gasteiger partial charge in [0, 0.05) is 24.9 Å². The SMILES string of the molecule is [C-]#[N+]/C(C#N)=c1\nc2ccc3c4ccc5nc(=C(C#N)C#N)n(C)c5c4ccc3c2n1C. The van der Waals surface area contributed by atoms with Gasteiger partial charge in [0.25, 0.3) is 0 Å². The Hall–Kier alpha value is -5.18. The van der Waals surface area contributed by atoms with Crippen LogP contribution in [0, 0.1) is 40.6 Å². The minimum atomic E-state index is -0.0520. The molecule has 8 nitrogen and oxygen atoms in total. The van der Waals surface area contributed by atoms with E-state index in [1.165, 1.54) is 0 Å². The zero-order chi connectivity index (χ0) is 22.6. The van der Waals surface area contributed by atoms with E-state index in [1.807, 2.05) is 54.6 Å². The maximum atomic E-state index is 9.28. The maximum Gasteiger partial charge on any atom is 0.303 e. The molecule has 0 saturated carbocycles. The molecule has 8 heteroatoms. The molecule has 2 aromatic heterocycles. The molecule has 0 unspecified atom stereocenters. The molecular formula is C24H12N8. The van der Waals surface area contributed by atoms with Crippen LogP contribution in [0.4, 0.5) is 0 Å². The molecule has 32 heavy (non-hydrogen) atoms. The zero-order valence-electron chi connectivity index (χ0n) is 17.0. The Bertz CT molecular complexity index is 1770. The molecule has 0 saturated heterocycles. The molecule has 0 amide bonds. The summed E-state index contributed by atoms with van der Waals surface area (Å²) in [6.07, 6.45) is 0. The third-order valence-corrected chi connectivity index (χ3v) is 5.73. The van der Waals surface area contributed by atoms with Crippen LogP contribution in [0.3, 0.4) is 0 Å². The van der Waals surface area contributed by atoms with E-state index >= 15 is 0 Å². The van der Waals surface area contributed by atoms with Crippen LogP contribution in [-0.4, -0.2) is 19.1 Å². The van der Waals surface area contributed by atoms with Gasteiger partial charge in [0.05, 0.1) is 34.7 Å². The molecule has 3 aromatic carbocycles. The number of imidazole rings is 2. The lowest BCUT2D eigenvalue weighted by atomic mass is 10.00. The lowest BCUT2D eigenvalue weighted by Gasteiger charge is -2.08. The van der Waals surface area contributed by atoms with Gasteiger partial charge < -0.3 is 9.13 Å². The summed E-state index contributed by atoms with van der Waals surface area (Å²) in [5, 5.41) is 31.7. The fourth-order valence-electron chi connectivity index (χ4n) is 4.33. The second-order valence-electron chi connectivity index (χ2n) is 7.28. The number of nitriles is 3. The van der Waals surface area contributed by atoms with Gasteiger partial charge in [-0.2, -0.15) is 10.5 Å². The summed E-state index contributed by atoms with van der Waals surface area (Å²) in [5.41, 5.74) is 3.67. The van der Waals surface area contributed by atoms with Crippen molar-refractivity contribution in [3.8, 4) is 18.2 Å². The Labute approximate surface area is 181 Å². The van der Waals surface area contributed by atoms with Crippen molar-refractivity contribution in [2.75, 3.05) is 0 Å². The molecular weight excluding hydrogens is 400 g/mol. The minimum Gasteiger partial charge on any atom is -0.335 e. The monoisotopic (exact) mass is 412 g/mol. The van der Waals surface area contributed by atoms with Crippen LogP contribution in [0.1, 0.15) is 0 Å². The summed E-state index contributed by atoms with van der Waals surface area (Å²) in [6, 6.07) is 17.4. The molecule has 148 valence electrons. The van der Waals surface area contributed by atoms with Gasteiger partial charge in [-0.3, -0.25) is 0 Å². The summed E-state index contributed by atoms with van der Waals surface area (Å²) < 4.78 is 3.55. The molecule has 0 aliphatic heterocycles. The summed E-state index contributed by atoms with van der Waals surface area (Å²) in [7, 11) is 3.59. The van der Waals surface area contributed by atoms with E-state index in [1.54, 1.807) is 23.2 Å². The topological polar surface area (TPSA) is 111 Å². The van der Waals surface area contributed by atoms with Crippen LogP contribution < -0.4 is 11.0 Å². The lowest BCUT2D eigenvalue weighted by molar-refractivity contribution is 0.898. The van der Waals surface area contributed by atoms with Crippen LogP contribution >= 0.6 is 0 Å². The normalized spacial score (nSPS) is 11.8. The van der Waals surface area contributed by atoms with Crippen molar-refractivity contribution in [2.24, 2.45) is 14.1 Å². The molecule has 0 spiro atoms. The number of benzene rings is 3. The largest absolute Gasteiger partial charge is 0.335 e. The minimum absolute atomic E-state index is 0.0360. The molecule has 2 heterocycles. The van der Waals surface area contributed by atoms with Gasteiger partial charge in [0.15, 0.2) is 11.1 Å². The van der Waals surface area contributed by atoms with Gasteiger partial charge in [0.1, 0.15) is 17.6 Å². The average molecular weight is 412 g/mol. The highest BCUT2D eigenvalue weighted by atomic mass is 15.1. The number of fused-ring (bicyclic) bond motifs is 7. The fraction of sp³-hybridized carbons (Fsp3) is 0.0833. The van der Waals surface area contributed by atoms with Crippen molar-refractivity contribution in [2.45, 2.75) is 0 Å². The summed E-state index contributed by atoms with van der Waals surface area (Å²) >= 11 is 0. The van der Waals surface area contributed by atoms with Crippen molar-refractivity contribution >= 4 is 54.9 Å². The second-order valence-corrected chi connectivity index (χ2v) is 7.28. The van der Waals surface area contributed by atoms with Crippen LogP contribution in [0.15, 0.2) is 36.4 Å². The van der Waals surface area contributed by atoms with Gasteiger partial charge in [-0.05, 0) is 22.9 Å². The van der Waals surface area contributed by atoms with Gasteiger partial charge in [-0.25, -0.2) is 20.1 Å².